The Bertz CT molecular complexity index is 398. The van der Waals surface area contributed by atoms with E-state index < -0.39 is 5.79 Å². The predicted molar refractivity (Wildman–Crippen MR) is 64.7 cm³/mol. The van der Waals surface area contributed by atoms with Gasteiger partial charge < -0.3 is 14.3 Å². The van der Waals surface area contributed by atoms with Crippen LogP contribution in [0.5, 0.6) is 0 Å². The van der Waals surface area contributed by atoms with Crippen molar-refractivity contribution in [3.05, 3.63) is 35.4 Å². The number of ether oxygens (including phenoxy) is 2. The van der Waals surface area contributed by atoms with E-state index in [1.807, 2.05) is 32.0 Å². The Morgan fingerprint density at radius 1 is 1.47 bits per heavy atom. The first-order valence-electron chi connectivity index (χ1n) is 5.95. The first-order valence-corrected chi connectivity index (χ1v) is 5.95. The summed E-state index contributed by atoms with van der Waals surface area (Å²) >= 11 is 0. The molecule has 1 saturated heterocycles. The van der Waals surface area contributed by atoms with Crippen LogP contribution in [-0.2, 0) is 20.7 Å². The van der Waals surface area contributed by atoms with Gasteiger partial charge in [-0.2, -0.15) is 0 Å². The Balaban J connectivity index is 2.08. The van der Waals surface area contributed by atoms with Gasteiger partial charge >= 0.3 is 0 Å². The molecule has 0 aromatic heterocycles. The first kappa shape index (κ1) is 12.3. The first-order chi connectivity index (χ1) is 8.11. The van der Waals surface area contributed by atoms with Crippen LogP contribution < -0.4 is 0 Å². The van der Waals surface area contributed by atoms with Crippen molar-refractivity contribution in [2.45, 2.75) is 38.6 Å². The molecule has 1 aromatic rings. The zero-order chi connectivity index (χ0) is 12.3. The molecule has 1 aromatic carbocycles. The van der Waals surface area contributed by atoms with Crippen LogP contribution in [-0.4, -0.2) is 18.7 Å². The van der Waals surface area contributed by atoms with Crippen molar-refractivity contribution in [3.8, 4) is 0 Å². The monoisotopic (exact) mass is 234 g/mol. The Kier molecular flexibility index (Phi) is 3.60. The summed E-state index contributed by atoms with van der Waals surface area (Å²) < 4.78 is 11.4. The second-order valence-electron chi connectivity index (χ2n) is 4.77. The quantitative estimate of drug-likeness (QED) is 0.751. The van der Waals surface area contributed by atoms with E-state index in [2.05, 4.69) is 6.07 Å². The molecule has 0 aliphatic carbocycles. The second-order valence-corrected chi connectivity index (χ2v) is 4.77. The summed E-state index contributed by atoms with van der Waals surface area (Å²) in [6.07, 6.45) is 2.30. The summed E-state index contributed by atoms with van der Waals surface area (Å²) in [5.74, 6) is -0.497. The molecule has 0 spiro atoms. The SMILES string of the molecule is CC1(C)OCC(c2cccc(CCC=O)c2)O1. The molecule has 1 aliphatic heterocycles. The van der Waals surface area contributed by atoms with Gasteiger partial charge in [0.05, 0.1) is 6.61 Å². The average Bonchev–Trinajstić information content (AvgIpc) is 2.67. The maximum absolute atomic E-state index is 10.4. The highest BCUT2D eigenvalue weighted by Crippen LogP contribution is 2.32. The summed E-state index contributed by atoms with van der Waals surface area (Å²) in [6, 6.07) is 8.18. The lowest BCUT2D eigenvalue weighted by atomic mass is 10.0. The summed E-state index contributed by atoms with van der Waals surface area (Å²) in [5.41, 5.74) is 2.29. The van der Waals surface area contributed by atoms with Crippen molar-refractivity contribution >= 4 is 6.29 Å². The lowest BCUT2D eigenvalue weighted by Gasteiger charge is -2.17. The van der Waals surface area contributed by atoms with Crippen molar-refractivity contribution in [3.63, 3.8) is 0 Å². The van der Waals surface area contributed by atoms with Crippen molar-refractivity contribution in [2.75, 3.05) is 6.61 Å². The van der Waals surface area contributed by atoms with Gasteiger partial charge in [-0.15, -0.1) is 0 Å². The number of aldehydes is 1. The number of hydrogen-bond acceptors (Lipinski definition) is 3. The van der Waals surface area contributed by atoms with Gasteiger partial charge in [0.15, 0.2) is 5.79 Å². The highest BCUT2D eigenvalue weighted by molar-refractivity contribution is 5.50. The van der Waals surface area contributed by atoms with Gasteiger partial charge in [-0.1, -0.05) is 24.3 Å². The summed E-state index contributed by atoms with van der Waals surface area (Å²) in [5, 5.41) is 0. The van der Waals surface area contributed by atoms with E-state index in [1.165, 1.54) is 5.56 Å². The fourth-order valence-corrected chi connectivity index (χ4v) is 2.03. The standard InChI is InChI=1S/C14H18O3/c1-14(2)16-10-13(17-14)12-7-3-5-11(9-12)6-4-8-15/h3,5,7-9,13H,4,6,10H2,1-2H3. The molecule has 0 saturated carbocycles. The van der Waals surface area contributed by atoms with Gasteiger partial charge in [0.25, 0.3) is 0 Å². The molecule has 3 heteroatoms. The fourth-order valence-electron chi connectivity index (χ4n) is 2.03. The van der Waals surface area contributed by atoms with Crippen LogP contribution in [0.4, 0.5) is 0 Å². The lowest BCUT2D eigenvalue weighted by molar-refractivity contribution is -0.139. The second kappa shape index (κ2) is 4.98. The zero-order valence-corrected chi connectivity index (χ0v) is 10.3. The summed E-state index contributed by atoms with van der Waals surface area (Å²) in [7, 11) is 0. The van der Waals surface area contributed by atoms with Crippen molar-refractivity contribution in [1.82, 2.24) is 0 Å². The minimum absolute atomic E-state index is 0.00109. The molecule has 1 fully saturated rings. The van der Waals surface area contributed by atoms with E-state index >= 15 is 0 Å². The molecule has 0 amide bonds. The molecule has 2 rings (SSSR count). The Hall–Kier alpha value is -1.19. The molecule has 3 nitrogen and oxygen atoms in total. The minimum atomic E-state index is -0.497. The Labute approximate surface area is 102 Å². The van der Waals surface area contributed by atoms with Crippen LogP contribution in [0.15, 0.2) is 24.3 Å². The van der Waals surface area contributed by atoms with E-state index in [-0.39, 0.29) is 6.10 Å². The van der Waals surface area contributed by atoms with Crippen LogP contribution in [0.25, 0.3) is 0 Å². The van der Waals surface area contributed by atoms with Crippen LogP contribution in [0.1, 0.15) is 37.5 Å². The molecule has 0 N–H and O–H groups in total. The molecule has 0 bridgehead atoms. The number of benzene rings is 1. The van der Waals surface area contributed by atoms with Gasteiger partial charge in [-0.05, 0) is 31.4 Å². The van der Waals surface area contributed by atoms with Gasteiger partial charge in [0.2, 0.25) is 0 Å². The van der Waals surface area contributed by atoms with Crippen LogP contribution in [0, 0.1) is 0 Å². The van der Waals surface area contributed by atoms with Crippen LogP contribution >= 0.6 is 0 Å². The van der Waals surface area contributed by atoms with Crippen molar-refractivity contribution < 1.29 is 14.3 Å². The Morgan fingerprint density at radius 2 is 2.29 bits per heavy atom. The molecule has 1 atom stereocenters. The normalized spacial score (nSPS) is 22.6. The van der Waals surface area contributed by atoms with Crippen molar-refractivity contribution in [1.29, 1.82) is 0 Å². The van der Waals surface area contributed by atoms with Gasteiger partial charge in [-0.3, -0.25) is 0 Å². The maximum atomic E-state index is 10.4. The minimum Gasteiger partial charge on any atom is -0.347 e. The van der Waals surface area contributed by atoms with Gasteiger partial charge in [0, 0.05) is 6.42 Å². The molecule has 1 aliphatic rings. The van der Waals surface area contributed by atoms with E-state index in [0.717, 1.165) is 18.3 Å². The fraction of sp³-hybridized carbons (Fsp3) is 0.500. The highest BCUT2D eigenvalue weighted by atomic mass is 16.7. The van der Waals surface area contributed by atoms with Crippen LogP contribution in [0.3, 0.4) is 0 Å². The number of rotatable bonds is 4. The highest BCUT2D eigenvalue weighted by Gasteiger charge is 2.33. The van der Waals surface area contributed by atoms with E-state index in [4.69, 9.17) is 9.47 Å². The topological polar surface area (TPSA) is 35.5 Å². The average molecular weight is 234 g/mol. The third kappa shape index (κ3) is 3.14. The van der Waals surface area contributed by atoms with Crippen LogP contribution in [0.2, 0.25) is 0 Å². The molecule has 92 valence electrons. The smallest absolute Gasteiger partial charge is 0.163 e. The molecule has 1 heterocycles. The summed E-state index contributed by atoms with van der Waals surface area (Å²) in [6.45, 7) is 4.43. The molecular weight excluding hydrogens is 216 g/mol. The molecule has 1 unspecified atom stereocenters. The molecular formula is C14H18O3. The number of carbonyl (C=O) groups is 1. The third-order valence-corrected chi connectivity index (χ3v) is 2.88. The predicted octanol–water partition coefficient (Wildman–Crippen LogP) is 2.64. The number of carbonyl (C=O) groups excluding carboxylic acids is 1. The van der Waals surface area contributed by atoms with E-state index in [0.29, 0.717) is 13.0 Å². The zero-order valence-electron chi connectivity index (χ0n) is 10.3. The lowest BCUT2D eigenvalue weighted by Crippen LogP contribution is -2.19. The Morgan fingerprint density at radius 3 is 2.94 bits per heavy atom. The van der Waals surface area contributed by atoms with E-state index in [1.54, 1.807) is 0 Å². The molecule has 17 heavy (non-hydrogen) atoms. The van der Waals surface area contributed by atoms with Crippen molar-refractivity contribution in [2.24, 2.45) is 0 Å². The van der Waals surface area contributed by atoms with Gasteiger partial charge in [0.1, 0.15) is 12.4 Å². The van der Waals surface area contributed by atoms with E-state index in [9.17, 15) is 4.79 Å². The largest absolute Gasteiger partial charge is 0.347 e. The molecule has 0 radical (unpaired) electrons. The number of hydrogen-bond donors (Lipinski definition) is 0. The van der Waals surface area contributed by atoms with Gasteiger partial charge in [-0.25, -0.2) is 0 Å². The third-order valence-electron chi connectivity index (χ3n) is 2.88. The number of aryl methyl sites for hydroxylation is 1. The summed E-state index contributed by atoms with van der Waals surface area (Å²) in [4.78, 5) is 10.4. The maximum Gasteiger partial charge on any atom is 0.163 e.